The summed E-state index contributed by atoms with van der Waals surface area (Å²) in [6, 6.07) is 17.1. The average Bonchev–Trinajstić information content (AvgIpc) is 2.36. The third kappa shape index (κ3) is 4.52. The van der Waals surface area contributed by atoms with Gasteiger partial charge in [-0.05, 0) is 65.3 Å². The molecule has 0 amide bonds. The Morgan fingerprint density at radius 1 is 0.727 bits per heavy atom. The van der Waals surface area contributed by atoms with E-state index in [-0.39, 0.29) is 11.2 Å². The van der Waals surface area contributed by atoms with Crippen LogP contribution in [0.15, 0.2) is 42.5 Å². The van der Waals surface area contributed by atoms with Crippen LogP contribution in [0.2, 0.25) is 0 Å². The van der Waals surface area contributed by atoms with Crippen LogP contribution in [0.3, 0.4) is 0 Å². The fraction of sp³-hybridized carbons (Fsp3) is 0.400. The van der Waals surface area contributed by atoms with E-state index >= 15 is 0 Å². The Labute approximate surface area is 134 Å². The van der Waals surface area contributed by atoms with Crippen LogP contribution >= 0.6 is 0 Å². The number of hydrogen-bond acceptors (Lipinski definition) is 2. The number of benzene rings is 2. The van der Waals surface area contributed by atoms with E-state index in [0.717, 1.165) is 22.6 Å². The molecule has 2 aromatic rings. The van der Waals surface area contributed by atoms with Crippen LogP contribution in [-0.2, 0) is 0 Å². The van der Waals surface area contributed by atoms with Crippen LogP contribution in [0.25, 0.3) is 11.1 Å². The van der Waals surface area contributed by atoms with E-state index in [0.29, 0.717) is 0 Å². The highest BCUT2D eigenvalue weighted by Gasteiger charge is 2.21. The lowest BCUT2D eigenvalue weighted by Crippen LogP contribution is -2.25. The molecule has 1 radical (unpaired) electrons. The summed E-state index contributed by atoms with van der Waals surface area (Å²) in [5.74, 6) is 1.63. The lowest BCUT2D eigenvalue weighted by atomic mass is 10.0. The van der Waals surface area contributed by atoms with Crippen molar-refractivity contribution in [3.8, 4) is 22.6 Å². The zero-order valence-electron chi connectivity index (χ0n) is 14.4. The average molecular weight is 297 g/mol. The van der Waals surface area contributed by atoms with Gasteiger partial charge in [0, 0.05) is 0 Å². The summed E-state index contributed by atoms with van der Waals surface area (Å²) in [6.07, 6.45) is 0. The van der Waals surface area contributed by atoms with E-state index in [1.54, 1.807) is 0 Å². The van der Waals surface area contributed by atoms with Crippen LogP contribution in [0.1, 0.15) is 41.5 Å². The summed E-state index contributed by atoms with van der Waals surface area (Å²) >= 11 is 0. The van der Waals surface area contributed by atoms with E-state index in [9.17, 15) is 0 Å². The maximum absolute atomic E-state index is 6.14. The molecule has 22 heavy (non-hydrogen) atoms. The first-order chi connectivity index (χ1) is 10.2. The van der Waals surface area contributed by atoms with Gasteiger partial charge in [-0.15, -0.1) is 0 Å². The molecule has 2 rings (SSSR count). The second kappa shape index (κ2) is 6.04. The minimum absolute atomic E-state index is 0.274. The van der Waals surface area contributed by atoms with Crippen molar-refractivity contribution in [2.75, 3.05) is 0 Å². The van der Waals surface area contributed by atoms with Crippen molar-refractivity contribution in [2.24, 2.45) is 0 Å². The first-order valence-corrected chi connectivity index (χ1v) is 7.64. The molecular weight excluding hydrogens is 272 g/mol. The molecule has 0 N–H and O–H groups in total. The van der Waals surface area contributed by atoms with Crippen LogP contribution in [0, 0.1) is 6.07 Å². The summed E-state index contributed by atoms with van der Waals surface area (Å²) in [6.45, 7) is 12.3. The predicted molar refractivity (Wildman–Crippen MR) is 91.5 cm³/mol. The van der Waals surface area contributed by atoms with Gasteiger partial charge in [0.1, 0.15) is 22.7 Å². The van der Waals surface area contributed by atoms with Crippen molar-refractivity contribution >= 4 is 0 Å². The molecule has 117 valence electrons. The maximum Gasteiger partial charge on any atom is 0.131 e. The lowest BCUT2D eigenvalue weighted by molar-refractivity contribution is 0.123. The highest BCUT2D eigenvalue weighted by Crippen LogP contribution is 2.40. The second-order valence-corrected chi connectivity index (χ2v) is 7.33. The third-order valence-electron chi connectivity index (χ3n) is 2.80. The maximum atomic E-state index is 6.14. The third-order valence-corrected chi connectivity index (χ3v) is 2.80. The standard InChI is InChI=1S/C20H25O2/c1-19(2,3)21-16-13-10-14-17(22-20(4,5)6)18(16)15-11-8-7-9-12-15/h7-11,13-14H,1-6H3. The zero-order valence-corrected chi connectivity index (χ0v) is 14.4. The molecule has 0 saturated heterocycles. The van der Waals surface area contributed by atoms with E-state index in [2.05, 4.69) is 6.07 Å². The molecule has 0 saturated carbocycles. The highest BCUT2D eigenvalue weighted by atomic mass is 16.5. The van der Waals surface area contributed by atoms with Crippen molar-refractivity contribution in [1.29, 1.82) is 0 Å². The minimum atomic E-state index is -0.274. The molecule has 2 nitrogen and oxygen atoms in total. The molecule has 0 atom stereocenters. The van der Waals surface area contributed by atoms with Gasteiger partial charge < -0.3 is 9.47 Å². The molecule has 0 aliphatic heterocycles. The summed E-state index contributed by atoms with van der Waals surface area (Å²) in [5.41, 5.74) is 1.38. The highest BCUT2D eigenvalue weighted by molar-refractivity contribution is 5.76. The van der Waals surface area contributed by atoms with E-state index in [1.165, 1.54) is 0 Å². The van der Waals surface area contributed by atoms with Gasteiger partial charge in [-0.2, -0.15) is 0 Å². The Balaban J connectivity index is 2.57. The van der Waals surface area contributed by atoms with Crippen LogP contribution < -0.4 is 9.47 Å². The van der Waals surface area contributed by atoms with Crippen LogP contribution in [0.5, 0.6) is 11.5 Å². The molecule has 0 aliphatic carbocycles. The quantitative estimate of drug-likeness (QED) is 0.744. The van der Waals surface area contributed by atoms with Crippen molar-refractivity contribution in [3.05, 3.63) is 48.5 Å². The summed E-state index contributed by atoms with van der Waals surface area (Å²) in [5, 5.41) is 0. The monoisotopic (exact) mass is 297 g/mol. The molecule has 2 heteroatoms. The van der Waals surface area contributed by atoms with Crippen LogP contribution in [-0.4, -0.2) is 11.2 Å². The number of hydrogen-bond donors (Lipinski definition) is 0. The molecule has 2 aromatic carbocycles. The SMILES string of the molecule is CC(C)(C)Oc1cccc(OC(C)(C)C)c1-c1[c]cccc1. The predicted octanol–water partition coefficient (Wildman–Crippen LogP) is 5.51. The van der Waals surface area contributed by atoms with Crippen LogP contribution in [0.4, 0.5) is 0 Å². The second-order valence-electron chi connectivity index (χ2n) is 7.33. The molecule has 0 unspecified atom stereocenters. The Morgan fingerprint density at radius 2 is 1.27 bits per heavy atom. The zero-order chi connectivity index (χ0) is 16.4. The largest absolute Gasteiger partial charge is 0.487 e. The molecule has 0 aromatic heterocycles. The molecule has 0 bridgehead atoms. The van der Waals surface area contributed by atoms with Crippen molar-refractivity contribution in [3.63, 3.8) is 0 Å². The van der Waals surface area contributed by atoms with Gasteiger partial charge in [0.15, 0.2) is 0 Å². The van der Waals surface area contributed by atoms with E-state index < -0.39 is 0 Å². The van der Waals surface area contributed by atoms with Crippen molar-refractivity contribution in [2.45, 2.75) is 52.7 Å². The van der Waals surface area contributed by atoms with Gasteiger partial charge in [-0.3, -0.25) is 0 Å². The van der Waals surface area contributed by atoms with Gasteiger partial charge >= 0.3 is 0 Å². The first-order valence-electron chi connectivity index (χ1n) is 7.64. The lowest BCUT2D eigenvalue weighted by Gasteiger charge is -2.27. The first kappa shape index (κ1) is 16.4. The Hall–Kier alpha value is -1.96. The summed E-state index contributed by atoms with van der Waals surface area (Å²) in [4.78, 5) is 0. The smallest absolute Gasteiger partial charge is 0.131 e. The Bertz CT molecular complexity index is 582. The normalized spacial score (nSPS) is 12.1. The molecule has 0 spiro atoms. The molecule has 0 aliphatic rings. The van der Waals surface area contributed by atoms with Gasteiger partial charge in [0.05, 0.1) is 5.56 Å². The van der Waals surface area contributed by atoms with Crippen molar-refractivity contribution < 1.29 is 9.47 Å². The topological polar surface area (TPSA) is 18.5 Å². The Kier molecular flexibility index (Phi) is 4.50. The number of ether oxygens (including phenoxy) is 2. The fourth-order valence-corrected chi connectivity index (χ4v) is 2.16. The molecular formula is C20H25O2. The molecule has 0 heterocycles. The van der Waals surface area contributed by atoms with Gasteiger partial charge in [0.25, 0.3) is 0 Å². The summed E-state index contributed by atoms with van der Waals surface area (Å²) in [7, 11) is 0. The van der Waals surface area contributed by atoms with Crippen molar-refractivity contribution in [1.82, 2.24) is 0 Å². The van der Waals surface area contributed by atoms with Gasteiger partial charge in [-0.25, -0.2) is 0 Å². The van der Waals surface area contributed by atoms with E-state index in [4.69, 9.17) is 9.47 Å². The van der Waals surface area contributed by atoms with E-state index in [1.807, 2.05) is 84.0 Å². The van der Waals surface area contributed by atoms with Gasteiger partial charge in [-0.1, -0.05) is 30.3 Å². The Morgan fingerprint density at radius 3 is 1.68 bits per heavy atom. The molecule has 0 fully saturated rings. The van der Waals surface area contributed by atoms with Gasteiger partial charge in [0.2, 0.25) is 0 Å². The summed E-state index contributed by atoms with van der Waals surface area (Å²) < 4.78 is 12.3. The fourth-order valence-electron chi connectivity index (χ4n) is 2.16. The number of rotatable bonds is 3. The minimum Gasteiger partial charge on any atom is -0.487 e.